The van der Waals surface area contributed by atoms with Gasteiger partial charge >= 0.3 is 17.9 Å². The van der Waals surface area contributed by atoms with Crippen LogP contribution >= 0.6 is 12.6 Å². The molecular formula is C21H35N5O11S. The first-order valence-electron chi connectivity index (χ1n) is 11.5. The standard InChI is InChI=1S/C21H35N5O11S/c1-4-8(2)15(21(36)37)25-19(34)12(7-38)24-18(33)11(6-14(30)31)23-20(35)16(9(3)27)26-17(32)10(22)5-13(28)29/h8-12,15-16,27,38H,4-7,22H2,1-3H3,(H,23,35)(H,24,33)(H,25,34)(H,26,32)(H,28,29)(H,30,31)(H,36,37)/t8-,9+,10-,11-,12-,15-,16-/m0/s1. The predicted molar refractivity (Wildman–Crippen MR) is 133 cm³/mol. The molecule has 0 radical (unpaired) electrons. The number of aliphatic hydroxyl groups is 1. The monoisotopic (exact) mass is 565 g/mol. The Balaban J connectivity index is 5.63. The fourth-order valence-corrected chi connectivity index (χ4v) is 3.25. The molecule has 16 nitrogen and oxygen atoms in total. The summed E-state index contributed by atoms with van der Waals surface area (Å²) in [5.74, 6) is -9.37. The Hall–Kier alpha value is -3.44. The zero-order valence-corrected chi connectivity index (χ0v) is 21.9. The quantitative estimate of drug-likeness (QED) is 0.0774. The Labute approximate surface area is 223 Å². The Bertz CT molecular complexity index is 901. The van der Waals surface area contributed by atoms with Crippen LogP contribution in [0.15, 0.2) is 0 Å². The molecule has 17 heteroatoms. The van der Waals surface area contributed by atoms with Crippen molar-refractivity contribution in [2.24, 2.45) is 11.7 Å². The van der Waals surface area contributed by atoms with Crippen molar-refractivity contribution < 1.29 is 54.0 Å². The maximum absolute atomic E-state index is 12.8. The van der Waals surface area contributed by atoms with Gasteiger partial charge in [-0.05, 0) is 12.8 Å². The SMILES string of the molecule is CC[C@H](C)[C@H](NC(=O)[C@H](CS)NC(=O)[C@H](CC(=O)O)NC(=O)[C@@H](NC(=O)[C@@H](N)CC(=O)O)[C@@H](C)O)C(=O)O. The van der Waals surface area contributed by atoms with Crippen molar-refractivity contribution in [2.75, 3.05) is 5.75 Å². The summed E-state index contributed by atoms with van der Waals surface area (Å²) in [6, 6.07) is -7.80. The molecule has 0 aromatic carbocycles. The van der Waals surface area contributed by atoms with Crippen molar-refractivity contribution in [3.63, 3.8) is 0 Å². The third kappa shape index (κ3) is 11.7. The lowest BCUT2D eigenvalue weighted by molar-refractivity contribution is -0.144. The molecule has 4 amide bonds. The molecule has 0 heterocycles. The number of aliphatic carboxylic acids is 3. The second kappa shape index (κ2) is 16.4. The molecule has 0 saturated heterocycles. The maximum atomic E-state index is 12.8. The van der Waals surface area contributed by atoms with E-state index in [1.54, 1.807) is 13.8 Å². The van der Waals surface area contributed by atoms with Gasteiger partial charge in [0.05, 0.1) is 25.0 Å². The lowest BCUT2D eigenvalue weighted by Gasteiger charge is -2.27. The molecular weight excluding hydrogens is 530 g/mol. The summed E-state index contributed by atoms with van der Waals surface area (Å²) in [5, 5.41) is 45.8. The van der Waals surface area contributed by atoms with Gasteiger partial charge in [-0.3, -0.25) is 28.8 Å². The number of carboxylic acids is 3. The van der Waals surface area contributed by atoms with Gasteiger partial charge in [0.2, 0.25) is 23.6 Å². The normalized spacial score (nSPS) is 16.4. The zero-order chi connectivity index (χ0) is 29.7. The first-order chi connectivity index (χ1) is 17.5. The Morgan fingerprint density at radius 2 is 1.21 bits per heavy atom. The smallest absolute Gasteiger partial charge is 0.326 e. The van der Waals surface area contributed by atoms with E-state index in [9.17, 15) is 48.9 Å². The van der Waals surface area contributed by atoms with Crippen LogP contribution in [0.25, 0.3) is 0 Å². The molecule has 0 aromatic heterocycles. The predicted octanol–water partition coefficient (Wildman–Crippen LogP) is -3.36. The third-order valence-electron chi connectivity index (χ3n) is 5.40. The van der Waals surface area contributed by atoms with Crippen LogP contribution in [0.5, 0.6) is 0 Å². The summed E-state index contributed by atoms with van der Waals surface area (Å²) in [6.07, 6.45) is -2.91. The lowest BCUT2D eigenvalue weighted by atomic mass is 9.99. The maximum Gasteiger partial charge on any atom is 0.326 e. The molecule has 0 rings (SSSR count). The van der Waals surface area contributed by atoms with E-state index in [0.717, 1.165) is 6.92 Å². The van der Waals surface area contributed by atoms with Crippen LogP contribution in [0.2, 0.25) is 0 Å². The molecule has 0 aromatic rings. The van der Waals surface area contributed by atoms with E-state index < -0.39 is 96.6 Å². The third-order valence-corrected chi connectivity index (χ3v) is 5.76. The average molecular weight is 566 g/mol. The van der Waals surface area contributed by atoms with Gasteiger partial charge in [-0.1, -0.05) is 20.3 Å². The van der Waals surface area contributed by atoms with Crippen LogP contribution in [0, 0.1) is 5.92 Å². The van der Waals surface area contributed by atoms with Crippen molar-refractivity contribution in [1.29, 1.82) is 0 Å². The van der Waals surface area contributed by atoms with Crippen LogP contribution in [0.3, 0.4) is 0 Å². The van der Waals surface area contributed by atoms with E-state index in [4.69, 9.17) is 10.8 Å². The minimum atomic E-state index is -1.80. The first kappa shape index (κ1) is 34.6. The van der Waals surface area contributed by atoms with E-state index in [1.165, 1.54) is 0 Å². The van der Waals surface area contributed by atoms with Gasteiger partial charge in [0.1, 0.15) is 24.2 Å². The number of rotatable bonds is 17. The van der Waals surface area contributed by atoms with Crippen LogP contribution in [0.4, 0.5) is 0 Å². The fraction of sp³-hybridized carbons (Fsp3) is 0.667. The summed E-state index contributed by atoms with van der Waals surface area (Å²) in [7, 11) is 0. The summed E-state index contributed by atoms with van der Waals surface area (Å²) in [6.45, 7) is 4.40. The molecule has 38 heavy (non-hydrogen) atoms. The number of hydrogen-bond acceptors (Lipinski definition) is 10. The fourth-order valence-electron chi connectivity index (χ4n) is 3.00. The van der Waals surface area contributed by atoms with Gasteiger partial charge < -0.3 is 47.4 Å². The van der Waals surface area contributed by atoms with E-state index in [2.05, 4.69) is 28.6 Å². The highest BCUT2D eigenvalue weighted by Crippen LogP contribution is 2.09. The number of nitrogens with two attached hydrogens (primary N) is 1. The largest absolute Gasteiger partial charge is 0.481 e. The molecule has 0 aliphatic carbocycles. The number of carbonyl (C=O) groups excluding carboxylic acids is 4. The summed E-state index contributed by atoms with van der Waals surface area (Å²) < 4.78 is 0. The van der Waals surface area contributed by atoms with Gasteiger partial charge in [-0.15, -0.1) is 0 Å². The molecule has 7 atom stereocenters. The van der Waals surface area contributed by atoms with Gasteiger partial charge in [0.25, 0.3) is 0 Å². The number of carbonyl (C=O) groups is 7. The Morgan fingerprint density at radius 1 is 0.737 bits per heavy atom. The number of amides is 4. The summed E-state index contributed by atoms with van der Waals surface area (Å²) in [5.41, 5.74) is 5.43. The average Bonchev–Trinajstić information content (AvgIpc) is 2.81. The van der Waals surface area contributed by atoms with Gasteiger partial charge in [0.15, 0.2) is 0 Å². The van der Waals surface area contributed by atoms with E-state index in [-0.39, 0.29) is 5.75 Å². The first-order valence-corrected chi connectivity index (χ1v) is 12.1. The highest BCUT2D eigenvalue weighted by molar-refractivity contribution is 7.80. The van der Waals surface area contributed by atoms with Crippen molar-refractivity contribution in [3.8, 4) is 0 Å². The van der Waals surface area contributed by atoms with Gasteiger partial charge in [-0.25, -0.2) is 4.79 Å². The van der Waals surface area contributed by atoms with Crippen molar-refractivity contribution in [3.05, 3.63) is 0 Å². The number of thiol groups is 1. The molecule has 0 aliphatic rings. The van der Waals surface area contributed by atoms with E-state index in [1.807, 2.05) is 5.32 Å². The number of carboxylic acid groups (broad SMARTS) is 3. The molecule has 216 valence electrons. The Morgan fingerprint density at radius 3 is 1.63 bits per heavy atom. The van der Waals surface area contributed by atoms with Crippen LogP contribution < -0.4 is 27.0 Å². The van der Waals surface area contributed by atoms with Crippen molar-refractivity contribution in [2.45, 2.75) is 76.3 Å². The second-order valence-electron chi connectivity index (χ2n) is 8.54. The van der Waals surface area contributed by atoms with Crippen molar-refractivity contribution in [1.82, 2.24) is 21.3 Å². The molecule has 0 bridgehead atoms. The van der Waals surface area contributed by atoms with E-state index >= 15 is 0 Å². The van der Waals surface area contributed by atoms with E-state index in [0.29, 0.717) is 6.42 Å². The number of hydrogen-bond donors (Lipinski definition) is 10. The molecule has 0 fully saturated rings. The van der Waals surface area contributed by atoms with Crippen LogP contribution in [-0.2, 0) is 33.6 Å². The van der Waals surface area contributed by atoms with Crippen LogP contribution in [0.1, 0.15) is 40.0 Å². The number of nitrogens with one attached hydrogen (secondary N) is 4. The molecule has 0 unspecified atom stereocenters. The van der Waals surface area contributed by atoms with Crippen molar-refractivity contribution >= 4 is 54.2 Å². The highest BCUT2D eigenvalue weighted by atomic mass is 32.1. The summed E-state index contributed by atoms with van der Waals surface area (Å²) in [4.78, 5) is 83.7. The lowest BCUT2D eigenvalue weighted by Crippen LogP contribution is -2.61. The van der Waals surface area contributed by atoms with Gasteiger partial charge in [0, 0.05) is 5.75 Å². The molecule has 0 aliphatic heterocycles. The topological polar surface area (TPSA) is 275 Å². The van der Waals surface area contributed by atoms with Gasteiger partial charge in [-0.2, -0.15) is 12.6 Å². The Kier molecular flexibility index (Phi) is 14.9. The zero-order valence-electron chi connectivity index (χ0n) is 21.0. The highest BCUT2D eigenvalue weighted by Gasteiger charge is 2.34. The minimum Gasteiger partial charge on any atom is -0.481 e. The summed E-state index contributed by atoms with van der Waals surface area (Å²) >= 11 is 3.97. The minimum absolute atomic E-state index is 0.314. The number of aliphatic hydroxyl groups excluding tert-OH is 1. The van der Waals surface area contributed by atoms with Crippen LogP contribution in [-0.4, -0.2) is 104 Å². The molecule has 0 spiro atoms. The second-order valence-corrected chi connectivity index (χ2v) is 8.91. The molecule has 10 N–H and O–H groups in total. The molecule has 0 saturated carbocycles.